The minimum atomic E-state index is -3.90. The molecular formula is C23H21ClN2O5S. The van der Waals surface area contributed by atoms with E-state index in [1.54, 1.807) is 54.6 Å². The molecule has 3 aromatic carbocycles. The number of benzene rings is 3. The maximum Gasteiger partial charge on any atom is 0.338 e. The van der Waals surface area contributed by atoms with E-state index in [0.29, 0.717) is 16.4 Å². The third-order valence-electron chi connectivity index (χ3n) is 4.61. The van der Waals surface area contributed by atoms with Crippen LogP contribution in [0.4, 0.5) is 11.4 Å². The third-order valence-corrected chi connectivity index (χ3v) is 6.65. The van der Waals surface area contributed by atoms with Crippen LogP contribution < -0.4 is 9.62 Å². The van der Waals surface area contributed by atoms with Gasteiger partial charge >= 0.3 is 5.97 Å². The SMILES string of the molecule is CC(OC(=O)c1cccc(S(=O)(=O)N(C)c2ccccc2)c1)C(=O)Nc1ccc(Cl)cc1. The fraction of sp³-hybridized carbons (Fsp3) is 0.130. The van der Waals surface area contributed by atoms with Crippen molar-refractivity contribution in [1.29, 1.82) is 0 Å². The fourth-order valence-corrected chi connectivity index (χ4v) is 4.15. The number of halogens is 1. The molecule has 1 atom stereocenters. The number of amides is 1. The standard InChI is InChI=1S/C23H21ClN2O5S/c1-16(22(27)25-19-13-11-18(24)12-14-19)31-23(28)17-7-6-10-21(15-17)32(29,30)26(2)20-8-4-3-5-9-20/h3-16H,1-2H3,(H,25,27). The second-order valence-electron chi connectivity index (χ2n) is 6.88. The van der Waals surface area contributed by atoms with Crippen LogP contribution in [0.15, 0.2) is 83.8 Å². The Hall–Kier alpha value is -3.36. The molecule has 0 saturated carbocycles. The summed E-state index contributed by atoms with van der Waals surface area (Å²) < 4.78 is 32.3. The first kappa shape index (κ1) is 23.3. The number of nitrogens with one attached hydrogen (secondary N) is 1. The maximum atomic E-state index is 13.0. The van der Waals surface area contributed by atoms with Gasteiger partial charge in [-0.2, -0.15) is 0 Å². The molecule has 0 spiro atoms. The molecule has 0 fully saturated rings. The molecule has 1 N–H and O–H groups in total. The molecule has 3 rings (SSSR count). The molecule has 32 heavy (non-hydrogen) atoms. The third kappa shape index (κ3) is 5.46. The van der Waals surface area contributed by atoms with E-state index in [0.717, 1.165) is 4.31 Å². The van der Waals surface area contributed by atoms with Crippen LogP contribution in [0.5, 0.6) is 0 Å². The molecular weight excluding hydrogens is 452 g/mol. The number of hydrogen-bond acceptors (Lipinski definition) is 5. The van der Waals surface area contributed by atoms with Gasteiger partial charge in [-0.05, 0) is 61.5 Å². The van der Waals surface area contributed by atoms with Crippen molar-refractivity contribution < 1.29 is 22.7 Å². The highest BCUT2D eigenvalue weighted by atomic mass is 35.5. The minimum absolute atomic E-state index is 0.0127. The van der Waals surface area contributed by atoms with E-state index in [4.69, 9.17) is 16.3 Å². The summed E-state index contributed by atoms with van der Waals surface area (Å²) in [5, 5.41) is 3.14. The number of hydrogen-bond donors (Lipinski definition) is 1. The highest BCUT2D eigenvalue weighted by molar-refractivity contribution is 7.92. The monoisotopic (exact) mass is 472 g/mol. The van der Waals surface area contributed by atoms with Crippen LogP contribution in [-0.2, 0) is 19.6 Å². The summed E-state index contributed by atoms with van der Waals surface area (Å²) in [6.07, 6.45) is -1.11. The van der Waals surface area contributed by atoms with Gasteiger partial charge in [0, 0.05) is 17.8 Å². The van der Waals surface area contributed by atoms with Crippen LogP contribution in [0, 0.1) is 0 Å². The lowest BCUT2D eigenvalue weighted by Crippen LogP contribution is -2.30. The average Bonchev–Trinajstić information content (AvgIpc) is 2.80. The van der Waals surface area contributed by atoms with Gasteiger partial charge in [-0.25, -0.2) is 13.2 Å². The number of sulfonamides is 1. The van der Waals surface area contributed by atoms with Crippen LogP contribution in [0.3, 0.4) is 0 Å². The van der Waals surface area contributed by atoms with Gasteiger partial charge < -0.3 is 10.1 Å². The van der Waals surface area contributed by atoms with Gasteiger partial charge in [0.05, 0.1) is 16.1 Å². The van der Waals surface area contributed by atoms with Gasteiger partial charge in [0.25, 0.3) is 15.9 Å². The molecule has 1 amide bonds. The summed E-state index contributed by atoms with van der Waals surface area (Å²) >= 11 is 5.82. The lowest BCUT2D eigenvalue weighted by molar-refractivity contribution is -0.123. The zero-order chi connectivity index (χ0) is 23.3. The topological polar surface area (TPSA) is 92.8 Å². The summed E-state index contributed by atoms with van der Waals surface area (Å²) in [5.74, 6) is -1.35. The number of nitrogens with zero attached hydrogens (tertiary/aromatic N) is 1. The summed E-state index contributed by atoms with van der Waals surface area (Å²) in [6, 6.07) is 20.5. The fourth-order valence-electron chi connectivity index (χ4n) is 2.78. The molecule has 0 radical (unpaired) electrons. The summed E-state index contributed by atoms with van der Waals surface area (Å²) in [6.45, 7) is 1.42. The molecule has 0 aliphatic carbocycles. The quantitative estimate of drug-likeness (QED) is 0.516. The number of carbonyl (C=O) groups is 2. The number of rotatable bonds is 7. The molecule has 0 aliphatic rings. The van der Waals surface area contributed by atoms with Crippen molar-refractivity contribution in [3.05, 3.63) is 89.4 Å². The van der Waals surface area contributed by atoms with E-state index < -0.39 is 28.0 Å². The van der Waals surface area contributed by atoms with E-state index in [2.05, 4.69) is 5.32 Å². The van der Waals surface area contributed by atoms with E-state index in [1.165, 1.54) is 38.2 Å². The predicted molar refractivity (Wildman–Crippen MR) is 123 cm³/mol. The largest absolute Gasteiger partial charge is 0.449 e. The van der Waals surface area contributed by atoms with Crippen molar-refractivity contribution in [2.45, 2.75) is 17.9 Å². The first-order valence-electron chi connectivity index (χ1n) is 9.60. The Labute approximate surface area is 191 Å². The minimum Gasteiger partial charge on any atom is -0.449 e. The molecule has 0 aliphatic heterocycles. The second-order valence-corrected chi connectivity index (χ2v) is 9.29. The van der Waals surface area contributed by atoms with Crippen molar-refractivity contribution in [3.63, 3.8) is 0 Å². The Morgan fingerprint density at radius 3 is 2.28 bits per heavy atom. The van der Waals surface area contributed by atoms with E-state index in [9.17, 15) is 18.0 Å². The molecule has 0 aromatic heterocycles. The molecule has 9 heteroatoms. The summed E-state index contributed by atoms with van der Waals surface area (Å²) in [7, 11) is -2.47. The molecule has 166 valence electrons. The van der Waals surface area contributed by atoms with Gasteiger partial charge in [-0.3, -0.25) is 9.10 Å². The number of esters is 1. The van der Waals surface area contributed by atoms with E-state index in [-0.39, 0.29) is 10.5 Å². The second kappa shape index (κ2) is 9.84. The predicted octanol–water partition coefficient (Wildman–Crippen LogP) is 4.35. The van der Waals surface area contributed by atoms with Crippen LogP contribution in [0.1, 0.15) is 17.3 Å². The number of ether oxygens (including phenoxy) is 1. The number of carbonyl (C=O) groups excluding carboxylic acids is 2. The lowest BCUT2D eigenvalue weighted by atomic mass is 10.2. The van der Waals surface area contributed by atoms with E-state index >= 15 is 0 Å². The summed E-state index contributed by atoms with van der Waals surface area (Å²) in [4.78, 5) is 24.8. The average molecular weight is 473 g/mol. The Balaban J connectivity index is 1.72. The Morgan fingerprint density at radius 2 is 1.62 bits per heavy atom. The zero-order valence-electron chi connectivity index (χ0n) is 17.4. The Kier molecular flexibility index (Phi) is 7.17. The first-order valence-corrected chi connectivity index (χ1v) is 11.4. The molecule has 1 unspecified atom stereocenters. The normalized spacial score (nSPS) is 12.0. The van der Waals surface area contributed by atoms with Gasteiger partial charge in [0.2, 0.25) is 0 Å². The highest BCUT2D eigenvalue weighted by Gasteiger charge is 2.24. The molecule has 7 nitrogen and oxygen atoms in total. The van der Waals surface area contributed by atoms with Crippen LogP contribution in [0.25, 0.3) is 0 Å². The lowest BCUT2D eigenvalue weighted by Gasteiger charge is -2.20. The zero-order valence-corrected chi connectivity index (χ0v) is 18.9. The van der Waals surface area contributed by atoms with Crippen LogP contribution in [-0.4, -0.2) is 33.4 Å². The first-order chi connectivity index (χ1) is 15.2. The number of para-hydroxylation sites is 1. The molecule has 0 bridgehead atoms. The van der Waals surface area contributed by atoms with Gasteiger partial charge in [-0.15, -0.1) is 0 Å². The van der Waals surface area contributed by atoms with Crippen LogP contribution >= 0.6 is 11.6 Å². The van der Waals surface area contributed by atoms with Gasteiger partial charge in [-0.1, -0.05) is 35.9 Å². The van der Waals surface area contributed by atoms with Crippen molar-refractivity contribution in [1.82, 2.24) is 0 Å². The summed E-state index contributed by atoms with van der Waals surface area (Å²) in [5.41, 5.74) is 0.992. The number of anilines is 2. The smallest absolute Gasteiger partial charge is 0.338 e. The molecule has 0 saturated heterocycles. The highest BCUT2D eigenvalue weighted by Crippen LogP contribution is 2.23. The maximum absolute atomic E-state index is 13.0. The van der Waals surface area contributed by atoms with Crippen molar-refractivity contribution in [3.8, 4) is 0 Å². The van der Waals surface area contributed by atoms with Gasteiger partial charge in [0.15, 0.2) is 6.10 Å². The van der Waals surface area contributed by atoms with Crippen molar-refractivity contribution in [2.75, 3.05) is 16.7 Å². The molecule has 3 aromatic rings. The van der Waals surface area contributed by atoms with E-state index in [1.807, 2.05) is 0 Å². The van der Waals surface area contributed by atoms with Gasteiger partial charge in [0.1, 0.15) is 0 Å². The van der Waals surface area contributed by atoms with Crippen molar-refractivity contribution in [2.24, 2.45) is 0 Å². The van der Waals surface area contributed by atoms with Crippen molar-refractivity contribution >= 4 is 44.9 Å². The van der Waals surface area contributed by atoms with Crippen LogP contribution in [0.2, 0.25) is 5.02 Å². The molecule has 0 heterocycles. The Morgan fingerprint density at radius 1 is 0.969 bits per heavy atom. The Bertz CT molecular complexity index is 1210.